The number of ether oxygens (including phenoxy) is 1. The lowest BCUT2D eigenvalue weighted by Crippen LogP contribution is -2.53. The van der Waals surface area contributed by atoms with Gasteiger partial charge in [0.2, 0.25) is 5.91 Å². The SMILES string of the molecule is COCCN1CN(C(=O)N[C@H](C2CCCC2)C(F)(F)F)CC1=O. The summed E-state index contributed by atoms with van der Waals surface area (Å²) in [4.78, 5) is 26.4. The minimum Gasteiger partial charge on any atom is -0.383 e. The van der Waals surface area contributed by atoms with Gasteiger partial charge < -0.3 is 15.0 Å². The quantitative estimate of drug-likeness (QED) is 0.828. The number of alkyl halides is 3. The molecule has 9 heteroatoms. The van der Waals surface area contributed by atoms with Crippen molar-refractivity contribution in [1.82, 2.24) is 15.1 Å². The van der Waals surface area contributed by atoms with Gasteiger partial charge in [-0.3, -0.25) is 9.69 Å². The zero-order valence-electron chi connectivity index (χ0n) is 13.1. The Bertz CT molecular complexity index is 439. The zero-order valence-corrected chi connectivity index (χ0v) is 13.1. The molecule has 6 nitrogen and oxygen atoms in total. The van der Waals surface area contributed by atoms with Crippen LogP contribution in [0.1, 0.15) is 25.7 Å². The number of nitrogens with zero attached hydrogens (tertiary/aromatic N) is 2. The first kappa shape index (κ1) is 17.8. The lowest BCUT2D eigenvalue weighted by atomic mass is 9.98. The fourth-order valence-corrected chi connectivity index (χ4v) is 3.11. The van der Waals surface area contributed by atoms with Crippen molar-refractivity contribution >= 4 is 11.9 Å². The highest BCUT2D eigenvalue weighted by molar-refractivity contribution is 5.87. The maximum absolute atomic E-state index is 13.2. The van der Waals surface area contributed by atoms with Crippen molar-refractivity contribution < 1.29 is 27.5 Å². The highest BCUT2D eigenvalue weighted by atomic mass is 19.4. The van der Waals surface area contributed by atoms with Gasteiger partial charge in [-0.05, 0) is 18.8 Å². The fourth-order valence-electron chi connectivity index (χ4n) is 3.11. The minimum atomic E-state index is -4.48. The van der Waals surface area contributed by atoms with Gasteiger partial charge in [-0.25, -0.2) is 4.79 Å². The molecule has 3 amide bonds. The summed E-state index contributed by atoms with van der Waals surface area (Å²) in [5, 5.41) is 2.09. The molecule has 0 spiro atoms. The predicted molar refractivity (Wildman–Crippen MR) is 75.5 cm³/mol. The molecule has 0 radical (unpaired) electrons. The molecular weight excluding hydrogens is 315 g/mol. The Morgan fingerprint density at radius 3 is 2.61 bits per heavy atom. The van der Waals surface area contributed by atoms with Crippen molar-refractivity contribution in [1.29, 1.82) is 0 Å². The summed E-state index contributed by atoms with van der Waals surface area (Å²) < 4.78 is 44.5. The van der Waals surface area contributed by atoms with Crippen LogP contribution in [0.25, 0.3) is 0 Å². The van der Waals surface area contributed by atoms with E-state index in [-0.39, 0.29) is 19.1 Å². The number of nitrogens with one attached hydrogen (secondary N) is 1. The molecule has 2 rings (SSSR count). The van der Waals surface area contributed by atoms with Crippen LogP contribution in [0.5, 0.6) is 0 Å². The molecule has 1 heterocycles. The van der Waals surface area contributed by atoms with Gasteiger partial charge in [0.25, 0.3) is 0 Å². The highest BCUT2D eigenvalue weighted by Gasteiger charge is 2.47. The molecule has 1 atom stereocenters. The van der Waals surface area contributed by atoms with Crippen LogP contribution in [0.2, 0.25) is 0 Å². The van der Waals surface area contributed by atoms with Crippen LogP contribution in [0.4, 0.5) is 18.0 Å². The number of hydrogen-bond acceptors (Lipinski definition) is 3. The van der Waals surface area contributed by atoms with E-state index in [4.69, 9.17) is 4.74 Å². The molecule has 132 valence electrons. The maximum atomic E-state index is 13.2. The topological polar surface area (TPSA) is 61.9 Å². The summed E-state index contributed by atoms with van der Waals surface area (Å²) in [6.45, 7) is 0.410. The van der Waals surface area contributed by atoms with E-state index in [0.717, 1.165) is 17.7 Å². The van der Waals surface area contributed by atoms with E-state index in [9.17, 15) is 22.8 Å². The highest BCUT2D eigenvalue weighted by Crippen LogP contribution is 2.35. The van der Waals surface area contributed by atoms with E-state index >= 15 is 0 Å². The fraction of sp³-hybridized carbons (Fsp3) is 0.857. The number of hydrogen-bond donors (Lipinski definition) is 1. The number of carbonyl (C=O) groups is 2. The Balaban J connectivity index is 1.95. The average molecular weight is 337 g/mol. The van der Waals surface area contributed by atoms with Gasteiger partial charge in [0.15, 0.2) is 0 Å². The monoisotopic (exact) mass is 337 g/mol. The van der Waals surface area contributed by atoms with Crippen LogP contribution in [0.15, 0.2) is 0 Å². The summed E-state index contributed by atoms with van der Waals surface area (Å²) in [5.41, 5.74) is 0. The third-order valence-electron chi connectivity index (χ3n) is 4.38. The van der Waals surface area contributed by atoms with Crippen molar-refractivity contribution in [3.8, 4) is 0 Å². The van der Waals surface area contributed by atoms with E-state index in [1.807, 2.05) is 0 Å². The first-order valence-corrected chi connectivity index (χ1v) is 7.71. The van der Waals surface area contributed by atoms with E-state index in [1.165, 1.54) is 12.0 Å². The second kappa shape index (κ2) is 7.37. The number of methoxy groups -OCH3 is 1. The van der Waals surface area contributed by atoms with Crippen molar-refractivity contribution in [2.75, 3.05) is 33.5 Å². The number of rotatable bonds is 5. The minimum absolute atomic E-state index is 0.0106. The van der Waals surface area contributed by atoms with E-state index < -0.39 is 24.2 Å². The predicted octanol–water partition coefficient (Wildman–Crippen LogP) is 1.57. The van der Waals surface area contributed by atoms with Crippen LogP contribution >= 0.6 is 0 Å². The van der Waals surface area contributed by atoms with Crippen LogP contribution in [-0.2, 0) is 9.53 Å². The number of halogens is 3. The second-order valence-corrected chi connectivity index (χ2v) is 6.00. The molecule has 1 aliphatic heterocycles. The molecule has 1 N–H and O–H groups in total. The molecule has 0 aromatic rings. The molecular formula is C14H22F3N3O3. The lowest BCUT2D eigenvalue weighted by molar-refractivity contribution is -0.165. The van der Waals surface area contributed by atoms with E-state index in [1.54, 1.807) is 0 Å². The van der Waals surface area contributed by atoms with Crippen molar-refractivity contribution in [2.45, 2.75) is 37.9 Å². The summed E-state index contributed by atoms with van der Waals surface area (Å²) in [7, 11) is 1.49. The first-order valence-electron chi connectivity index (χ1n) is 7.71. The molecule has 2 fully saturated rings. The Hall–Kier alpha value is -1.51. The average Bonchev–Trinajstić information content (AvgIpc) is 3.11. The van der Waals surface area contributed by atoms with Crippen molar-refractivity contribution in [2.24, 2.45) is 5.92 Å². The third kappa shape index (κ3) is 4.49. The molecule has 0 unspecified atom stereocenters. The zero-order chi connectivity index (χ0) is 17.0. The Morgan fingerprint density at radius 1 is 1.39 bits per heavy atom. The maximum Gasteiger partial charge on any atom is 0.408 e. The normalized spacial score (nSPS) is 21.1. The summed E-state index contributed by atoms with van der Waals surface area (Å²) in [5.74, 6) is -0.872. The standard InChI is InChI=1S/C14H22F3N3O3/c1-23-7-6-19-9-20(8-11(19)21)13(22)18-12(14(15,16)17)10-4-2-3-5-10/h10,12H,2-9H2,1H3,(H,18,22)/t12-/m1/s1. The smallest absolute Gasteiger partial charge is 0.383 e. The largest absolute Gasteiger partial charge is 0.408 e. The van der Waals surface area contributed by atoms with E-state index in [2.05, 4.69) is 5.32 Å². The summed E-state index contributed by atoms with van der Waals surface area (Å²) in [6, 6.07) is -2.69. The van der Waals surface area contributed by atoms with Crippen molar-refractivity contribution in [3.63, 3.8) is 0 Å². The molecule has 0 aromatic heterocycles. The Kier molecular flexibility index (Phi) is 5.72. The summed E-state index contributed by atoms with van der Waals surface area (Å²) in [6.07, 6.45) is -2.06. The number of urea groups is 1. The molecule has 2 aliphatic rings. The molecule has 0 aromatic carbocycles. The second-order valence-electron chi connectivity index (χ2n) is 6.00. The Labute approximate surface area is 132 Å². The van der Waals surface area contributed by atoms with Gasteiger partial charge in [-0.15, -0.1) is 0 Å². The van der Waals surface area contributed by atoms with Gasteiger partial charge >= 0.3 is 12.2 Å². The molecule has 0 bridgehead atoms. The van der Waals surface area contributed by atoms with Gasteiger partial charge in [-0.2, -0.15) is 13.2 Å². The number of carbonyl (C=O) groups excluding carboxylic acids is 2. The van der Waals surface area contributed by atoms with Crippen LogP contribution in [0, 0.1) is 5.92 Å². The summed E-state index contributed by atoms with van der Waals surface area (Å²) >= 11 is 0. The molecule has 1 aliphatic carbocycles. The van der Waals surface area contributed by atoms with Gasteiger partial charge in [-0.1, -0.05) is 12.8 Å². The number of amides is 3. The van der Waals surface area contributed by atoms with Gasteiger partial charge in [0, 0.05) is 13.7 Å². The van der Waals surface area contributed by atoms with Crippen LogP contribution in [0.3, 0.4) is 0 Å². The van der Waals surface area contributed by atoms with Gasteiger partial charge in [0.1, 0.15) is 12.6 Å². The van der Waals surface area contributed by atoms with Crippen LogP contribution in [-0.4, -0.2) is 67.4 Å². The van der Waals surface area contributed by atoms with E-state index in [0.29, 0.717) is 26.0 Å². The Morgan fingerprint density at radius 2 is 2.04 bits per heavy atom. The molecule has 1 saturated carbocycles. The third-order valence-corrected chi connectivity index (χ3v) is 4.38. The van der Waals surface area contributed by atoms with Crippen LogP contribution < -0.4 is 5.32 Å². The molecule has 1 saturated heterocycles. The van der Waals surface area contributed by atoms with Crippen molar-refractivity contribution in [3.05, 3.63) is 0 Å². The van der Waals surface area contributed by atoms with Gasteiger partial charge in [0.05, 0.1) is 13.3 Å². The first-order chi connectivity index (χ1) is 10.8. The molecule has 23 heavy (non-hydrogen) atoms. The lowest BCUT2D eigenvalue weighted by Gasteiger charge is -2.29.